The minimum Gasteiger partial charge on any atom is -0.419 e. The highest BCUT2D eigenvalue weighted by Crippen LogP contribution is 2.42. The van der Waals surface area contributed by atoms with E-state index in [2.05, 4.69) is 4.98 Å². The van der Waals surface area contributed by atoms with Crippen molar-refractivity contribution in [3.05, 3.63) is 64.3 Å². The molecule has 2 aliphatic heterocycles. The molecule has 1 saturated heterocycles. The summed E-state index contributed by atoms with van der Waals surface area (Å²) in [6, 6.07) is 10.8. The van der Waals surface area contributed by atoms with Gasteiger partial charge in [-0.25, -0.2) is 4.79 Å². The Labute approximate surface area is 147 Å². The summed E-state index contributed by atoms with van der Waals surface area (Å²) < 4.78 is 5.70. The number of carbonyl (C=O) groups is 2. The molecule has 2 aliphatic rings. The van der Waals surface area contributed by atoms with Gasteiger partial charge in [-0.3, -0.25) is 14.7 Å². The van der Waals surface area contributed by atoms with Crippen molar-refractivity contribution >= 4 is 51.6 Å². The van der Waals surface area contributed by atoms with Crippen LogP contribution in [0.4, 0.5) is 5.69 Å². The number of aryl methyl sites for hydroxylation is 1. The minimum atomic E-state index is -0.505. The van der Waals surface area contributed by atoms with E-state index in [4.69, 9.17) is 17.0 Å². The van der Waals surface area contributed by atoms with Crippen molar-refractivity contribution < 1.29 is 14.3 Å². The number of fused-ring (bicyclic) bond motifs is 1. The molecule has 0 radical (unpaired) electrons. The molecule has 0 aliphatic carbocycles. The quantitative estimate of drug-likeness (QED) is 0.445. The van der Waals surface area contributed by atoms with Crippen LogP contribution in [0.25, 0.3) is 5.76 Å². The molecular weight excluding hydrogens is 344 g/mol. The zero-order chi connectivity index (χ0) is 16.8. The number of pyridine rings is 1. The van der Waals surface area contributed by atoms with Crippen LogP contribution in [0, 0.1) is 6.92 Å². The lowest BCUT2D eigenvalue weighted by Gasteiger charge is -2.16. The molecule has 1 amide bonds. The molecule has 0 bridgehead atoms. The molecule has 0 unspecified atom stereocenters. The fraction of sp³-hybridized carbons (Fsp3) is 0.0588. The first-order valence-corrected chi connectivity index (χ1v) is 8.34. The predicted molar refractivity (Wildman–Crippen MR) is 95.4 cm³/mol. The molecule has 2 aromatic rings. The van der Waals surface area contributed by atoms with Gasteiger partial charge in [-0.1, -0.05) is 30.4 Å². The highest BCUT2D eigenvalue weighted by Gasteiger charge is 2.41. The average Bonchev–Trinajstić information content (AvgIpc) is 3.06. The van der Waals surface area contributed by atoms with Gasteiger partial charge in [0.1, 0.15) is 10.6 Å². The number of cyclic esters (lactones) is 1. The summed E-state index contributed by atoms with van der Waals surface area (Å²) in [4.78, 5) is 30.8. The van der Waals surface area contributed by atoms with Crippen molar-refractivity contribution in [1.82, 2.24) is 4.98 Å². The number of hydrogen-bond donors (Lipinski definition) is 0. The molecule has 7 heteroatoms. The van der Waals surface area contributed by atoms with Gasteiger partial charge in [0.25, 0.3) is 5.91 Å². The molecule has 1 aromatic carbocycles. The van der Waals surface area contributed by atoms with Crippen LogP contribution >= 0.6 is 24.0 Å². The van der Waals surface area contributed by atoms with Gasteiger partial charge in [-0.05, 0) is 42.4 Å². The summed E-state index contributed by atoms with van der Waals surface area (Å²) in [6.45, 7) is 1.91. The van der Waals surface area contributed by atoms with Crippen LogP contribution < -0.4 is 4.90 Å². The Balaban J connectivity index is 1.83. The third-order valence-corrected chi connectivity index (χ3v) is 5.12. The average molecular weight is 354 g/mol. The Morgan fingerprint density at radius 2 is 1.96 bits per heavy atom. The van der Waals surface area contributed by atoms with E-state index in [9.17, 15) is 9.59 Å². The predicted octanol–water partition coefficient (Wildman–Crippen LogP) is 3.29. The van der Waals surface area contributed by atoms with E-state index >= 15 is 0 Å². The zero-order valence-corrected chi connectivity index (χ0v) is 14.1. The number of aromatic nitrogens is 1. The molecule has 118 valence electrons. The van der Waals surface area contributed by atoms with E-state index < -0.39 is 5.97 Å². The SMILES string of the molecule is Cc1ccccc1N1C(=O)C(=C2OC(=O)c3cccnc32)SC1=S. The van der Waals surface area contributed by atoms with E-state index in [1.807, 2.05) is 31.2 Å². The Bertz CT molecular complexity index is 952. The Kier molecular flexibility index (Phi) is 3.47. The summed E-state index contributed by atoms with van der Waals surface area (Å²) in [6.07, 6.45) is 1.56. The molecule has 0 spiro atoms. The maximum atomic E-state index is 12.9. The van der Waals surface area contributed by atoms with Gasteiger partial charge in [0.15, 0.2) is 10.1 Å². The number of para-hydroxylation sites is 1. The molecule has 4 rings (SSSR count). The topological polar surface area (TPSA) is 59.5 Å². The van der Waals surface area contributed by atoms with E-state index in [0.717, 1.165) is 23.0 Å². The molecule has 0 atom stereocenters. The number of benzene rings is 1. The molecule has 1 fully saturated rings. The van der Waals surface area contributed by atoms with Crippen molar-refractivity contribution in [2.45, 2.75) is 6.92 Å². The highest BCUT2D eigenvalue weighted by atomic mass is 32.2. The second-order valence-corrected chi connectivity index (χ2v) is 6.89. The van der Waals surface area contributed by atoms with Gasteiger partial charge in [0.2, 0.25) is 0 Å². The lowest BCUT2D eigenvalue weighted by atomic mass is 10.1. The molecule has 3 heterocycles. The second-order valence-electron chi connectivity index (χ2n) is 5.24. The van der Waals surface area contributed by atoms with Crippen molar-refractivity contribution in [2.24, 2.45) is 0 Å². The van der Waals surface area contributed by atoms with Gasteiger partial charge in [-0.15, -0.1) is 0 Å². The van der Waals surface area contributed by atoms with E-state index in [1.54, 1.807) is 18.3 Å². The van der Waals surface area contributed by atoms with Crippen molar-refractivity contribution in [1.29, 1.82) is 0 Å². The summed E-state index contributed by atoms with van der Waals surface area (Å²) in [5.41, 5.74) is 2.39. The van der Waals surface area contributed by atoms with Crippen LogP contribution in [0.15, 0.2) is 47.5 Å². The van der Waals surface area contributed by atoms with Crippen LogP contribution in [0.2, 0.25) is 0 Å². The number of esters is 1. The monoisotopic (exact) mass is 354 g/mol. The summed E-state index contributed by atoms with van der Waals surface area (Å²) in [5, 5.41) is 0. The van der Waals surface area contributed by atoms with E-state index in [-0.39, 0.29) is 16.6 Å². The van der Waals surface area contributed by atoms with Crippen molar-refractivity contribution in [2.75, 3.05) is 4.90 Å². The number of thiocarbonyl (C=S) groups is 1. The number of rotatable bonds is 1. The van der Waals surface area contributed by atoms with E-state index in [0.29, 0.717) is 15.6 Å². The zero-order valence-electron chi connectivity index (χ0n) is 12.5. The second kappa shape index (κ2) is 5.54. The molecule has 24 heavy (non-hydrogen) atoms. The number of nitrogens with zero attached hydrogens (tertiary/aromatic N) is 2. The Morgan fingerprint density at radius 1 is 1.17 bits per heavy atom. The van der Waals surface area contributed by atoms with Gasteiger partial charge in [0.05, 0.1) is 11.3 Å². The summed E-state index contributed by atoms with van der Waals surface area (Å²) >= 11 is 6.49. The van der Waals surface area contributed by atoms with Gasteiger partial charge < -0.3 is 4.74 Å². The number of ether oxygens (including phenoxy) is 1. The van der Waals surface area contributed by atoms with Crippen LogP contribution in [0.3, 0.4) is 0 Å². The Morgan fingerprint density at radius 3 is 2.75 bits per heavy atom. The number of hydrogen-bond acceptors (Lipinski definition) is 6. The highest BCUT2D eigenvalue weighted by molar-refractivity contribution is 8.27. The van der Waals surface area contributed by atoms with E-state index in [1.165, 1.54) is 4.90 Å². The molecule has 0 N–H and O–H groups in total. The molecule has 0 saturated carbocycles. The van der Waals surface area contributed by atoms with Crippen molar-refractivity contribution in [3.8, 4) is 0 Å². The van der Waals surface area contributed by atoms with Gasteiger partial charge in [-0.2, -0.15) is 0 Å². The van der Waals surface area contributed by atoms with Crippen LogP contribution in [0.1, 0.15) is 21.6 Å². The maximum absolute atomic E-state index is 12.9. The first kappa shape index (κ1) is 15.0. The number of carbonyl (C=O) groups excluding carboxylic acids is 2. The summed E-state index contributed by atoms with van der Waals surface area (Å²) in [5.74, 6) is -0.626. The Hall–Kier alpha value is -2.51. The fourth-order valence-corrected chi connectivity index (χ4v) is 3.92. The van der Waals surface area contributed by atoms with Crippen LogP contribution in [0.5, 0.6) is 0 Å². The molecule has 1 aromatic heterocycles. The normalized spacial score (nSPS) is 19.7. The van der Waals surface area contributed by atoms with Crippen LogP contribution in [-0.4, -0.2) is 21.2 Å². The maximum Gasteiger partial charge on any atom is 0.346 e. The standard InChI is InChI=1S/C17H10N2O3S2/c1-9-5-2-3-7-11(9)19-15(20)14(24-17(19)23)13-12-10(16(21)22-13)6-4-8-18-12/h2-8H,1H3. The van der Waals surface area contributed by atoms with Gasteiger partial charge in [0, 0.05) is 6.20 Å². The smallest absolute Gasteiger partial charge is 0.346 e. The fourth-order valence-electron chi connectivity index (χ4n) is 2.63. The third-order valence-electron chi connectivity index (χ3n) is 3.77. The number of anilines is 1. The first-order valence-electron chi connectivity index (χ1n) is 7.11. The number of amides is 1. The van der Waals surface area contributed by atoms with Crippen LogP contribution in [-0.2, 0) is 9.53 Å². The largest absolute Gasteiger partial charge is 0.419 e. The lowest BCUT2D eigenvalue weighted by molar-refractivity contribution is -0.113. The van der Waals surface area contributed by atoms with Crippen molar-refractivity contribution in [3.63, 3.8) is 0 Å². The van der Waals surface area contributed by atoms with Gasteiger partial charge >= 0.3 is 5.97 Å². The molecular formula is C17H10N2O3S2. The summed E-state index contributed by atoms with van der Waals surface area (Å²) in [7, 11) is 0. The number of thioether (sulfide) groups is 1. The minimum absolute atomic E-state index is 0.184. The lowest BCUT2D eigenvalue weighted by Crippen LogP contribution is -2.28. The first-order chi connectivity index (χ1) is 11.6. The third kappa shape index (κ3) is 2.16. The molecule has 5 nitrogen and oxygen atoms in total.